The third-order valence-electron chi connectivity index (χ3n) is 4.31. The van der Waals surface area contributed by atoms with Gasteiger partial charge < -0.3 is 4.52 Å². The van der Waals surface area contributed by atoms with Gasteiger partial charge in [0.25, 0.3) is 0 Å². The molecule has 0 saturated carbocycles. The molecule has 29 heavy (non-hydrogen) atoms. The second kappa shape index (κ2) is 8.24. The van der Waals surface area contributed by atoms with Crippen LogP contribution in [-0.2, 0) is 11.2 Å². The Balaban J connectivity index is 1.71. The minimum atomic E-state index is -0.567. The molecule has 0 spiro atoms. The first-order valence-electron chi connectivity index (χ1n) is 8.81. The molecule has 5 nitrogen and oxygen atoms in total. The molecule has 0 atom stereocenters. The van der Waals surface area contributed by atoms with Crippen LogP contribution in [0.2, 0.25) is 5.02 Å². The Hall–Kier alpha value is -3.51. The quantitative estimate of drug-likeness (QED) is 0.482. The molecule has 0 aliphatic rings. The highest BCUT2D eigenvalue weighted by Gasteiger charge is 2.22. The summed E-state index contributed by atoms with van der Waals surface area (Å²) in [6.07, 6.45) is 3.41. The van der Waals surface area contributed by atoms with Crippen LogP contribution in [0.5, 0.6) is 0 Å². The van der Waals surface area contributed by atoms with Crippen molar-refractivity contribution in [1.82, 2.24) is 10.1 Å². The summed E-state index contributed by atoms with van der Waals surface area (Å²) >= 11 is 5.79. The summed E-state index contributed by atoms with van der Waals surface area (Å²) in [5.74, 6) is -0.638. The Morgan fingerprint density at radius 3 is 2.52 bits per heavy atom. The van der Waals surface area contributed by atoms with Crippen molar-refractivity contribution in [3.63, 3.8) is 0 Å². The molecule has 1 N–H and O–H groups in total. The Kier molecular flexibility index (Phi) is 5.35. The molecule has 0 fully saturated rings. The van der Waals surface area contributed by atoms with Gasteiger partial charge in [-0.15, -0.1) is 0 Å². The minimum Gasteiger partial charge on any atom is -0.337 e. The van der Waals surface area contributed by atoms with Gasteiger partial charge in [0.1, 0.15) is 11.5 Å². The van der Waals surface area contributed by atoms with Crippen LogP contribution in [0.1, 0.15) is 5.56 Å². The van der Waals surface area contributed by atoms with E-state index in [-0.39, 0.29) is 23.2 Å². The predicted octanol–water partition coefficient (Wildman–Crippen LogP) is 5.38. The van der Waals surface area contributed by atoms with Crippen molar-refractivity contribution < 1.29 is 13.7 Å². The van der Waals surface area contributed by atoms with E-state index in [9.17, 15) is 9.18 Å². The van der Waals surface area contributed by atoms with Crippen LogP contribution in [0.15, 0.2) is 77.6 Å². The molecule has 144 valence electrons. The lowest BCUT2D eigenvalue weighted by molar-refractivity contribution is -0.115. The molecule has 0 aliphatic carbocycles. The normalized spacial score (nSPS) is 10.7. The maximum absolute atomic E-state index is 14.0. The van der Waals surface area contributed by atoms with E-state index < -0.39 is 5.82 Å². The van der Waals surface area contributed by atoms with E-state index in [4.69, 9.17) is 16.1 Å². The number of amides is 1. The molecule has 0 saturated heterocycles. The van der Waals surface area contributed by atoms with Crippen molar-refractivity contribution in [1.29, 1.82) is 0 Å². The third kappa shape index (κ3) is 4.17. The molecule has 4 aromatic rings. The first-order chi connectivity index (χ1) is 14.1. The van der Waals surface area contributed by atoms with Gasteiger partial charge in [-0.05, 0) is 35.4 Å². The monoisotopic (exact) mass is 407 g/mol. The van der Waals surface area contributed by atoms with E-state index in [2.05, 4.69) is 15.5 Å². The molecule has 7 heteroatoms. The molecule has 2 aromatic carbocycles. The molecule has 0 radical (unpaired) electrons. The number of nitrogens with one attached hydrogen (secondary N) is 1. The molecule has 2 heterocycles. The Morgan fingerprint density at radius 2 is 1.79 bits per heavy atom. The second-order valence-electron chi connectivity index (χ2n) is 6.31. The predicted molar refractivity (Wildman–Crippen MR) is 109 cm³/mol. The van der Waals surface area contributed by atoms with Gasteiger partial charge in [0.2, 0.25) is 11.8 Å². The van der Waals surface area contributed by atoms with Crippen LogP contribution in [0.25, 0.3) is 22.4 Å². The van der Waals surface area contributed by atoms with Crippen LogP contribution in [-0.4, -0.2) is 16.0 Å². The molecule has 4 rings (SSSR count). The molecular formula is C22H15ClFN3O2. The smallest absolute Gasteiger partial charge is 0.239 e. The number of benzene rings is 2. The van der Waals surface area contributed by atoms with Crippen LogP contribution < -0.4 is 5.32 Å². The van der Waals surface area contributed by atoms with Gasteiger partial charge in [0, 0.05) is 18.0 Å². The number of anilines is 1. The standard InChI is InChI=1S/C22H15ClFN3O2/c23-17-7-6-16(13-18(17)24)21-20(15-8-10-25-11-9-15)22(29-27-21)26-19(28)12-14-4-2-1-3-5-14/h1-11,13H,12H2,(H,26,28). The van der Waals surface area contributed by atoms with Crippen LogP contribution in [0, 0.1) is 5.82 Å². The van der Waals surface area contributed by atoms with Crippen molar-refractivity contribution in [2.75, 3.05) is 5.32 Å². The van der Waals surface area contributed by atoms with Crippen molar-refractivity contribution in [3.05, 3.63) is 89.5 Å². The van der Waals surface area contributed by atoms with Gasteiger partial charge in [-0.1, -0.05) is 53.2 Å². The molecule has 0 bridgehead atoms. The van der Waals surface area contributed by atoms with Crippen molar-refractivity contribution in [2.24, 2.45) is 0 Å². The Labute approximate surface area is 171 Å². The molecule has 0 unspecified atom stereocenters. The maximum Gasteiger partial charge on any atom is 0.239 e. The van der Waals surface area contributed by atoms with Crippen LogP contribution in [0.4, 0.5) is 10.3 Å². The van der Waals surface area contributed by atoms with Crippen LogP contribution >= 0.6 is 11.6 Å². The maximum atomic E-state index is 14.0. The van der Waals surface area contributed by atoms with E-state index >= 15 is 0 Å². The third-order valence-corrected chi connectivity index (χ3v) is 4.62. The molecular weight excluding hydrogens is 393 g/mol. The van der Waals surface area contributed by atoms with Crippen LogP contribution in [0.3, 0.4) is 0 Å². The average Bonchev–Trinajstić information content (AvgIpc) is 3.14. The summed E-state index contributed by atoms with van der Waals surface area (Å²) < 4.78 is 19.4. The lowest BCUT2D eigenvalue weighted by atomic mass is 10.0. The van der Waals surface area contributed by atoms with Gasteiger partial charge >= 0.3 is 0 Å². The van der Waals surface area contributed by atoms with E-state index in [1.807, 2.05) is 30.3 Å². The highest BCUT2D eigenvalue weighted by Crippen LogP contribution is 2.38. The SMILES string of the molecule is O=C(Cc1ccccc1)Nc1onc(-c2ccc(Cl)c(F)c2)c1-c1ccncc1. The summed E-state index contributed by atoms with van der Waals surface area (Å²) in [5, 5.41) is 6.85. The fraction of sp³-hybridized carbons (Fsp3) is 0.0455. The Bertz CT molecular complexity index is 1150. The minimum absolute atomic E-state index is 0.0130. The summed E-state index contributed by atoms with van der Waals surface area (Å²) in [6.45, 7) is 0. The van der Waals surface area contributed by atoms with Gasteiger partial charge in [-0.25, -0.2) is 4.39 Å². The lowest BCUT2D eigenvalue weighted by Gasteiger charge is -2.07. The first-order valence-corrected chi connectivity index (χ1v) is 9.19. The zero-order chi connectivity index (χ0) is 20.2. The summed E-state index contributed by atoms with van der Waals surface area (Å²) in [4.78, 5) is 16.5. The molecule has 2 aromatic heterocycles. The number of carbonyl (C=O) groups excluding carboxylic acids is 1. The number of rotatable bonds is 5. The van der Waals surface area contributed by atoms with Gasteiger partial charge in [0.05, 0.1) is 17.0 Å². The van der Waals surface area contributed by atoms with Crippen molar-refractivity contribution >= 4 is 23.4 Å². The summed E-state index contributed by atoms with van der Waals surface area (Å²) in [7, 11) is 0. The number of aromatic nitrogens is 2. The zero-order valence-corrected chi connectivity index (χ0v) is 15.9. The fourth-order valence-corrected chi connectivity index (χ4v) is 3.07. The highest BCUT2D eigenvalue weighted by molar-refractivity contribution is 6.30. The largest absolute Gasteiger partial charge is 0.337 e. The topological polar surface area (TPSA) is 68.0 Å². The number of hydrogen-bond acceptors (Lipinski definition) is 4. The first kappa shape index (κ1) is 18.8. The molecule has 1 amide bonds. The van der Waals surface area contributed by atoms with Gasteiger partial charge in [-0.3, -0.25) is 15.1 Å². The number of carbonyl (C=O) groups is 1. The zero-order valence-electron chi connectivity index (χ0n) is 15.1. The number of nitrogens with zero attached hydrogens (tertiary/aromatic N) is 2. The fourth-order valence-electron chi connectivity index (χ4n) is 2.95. The van der Waals surface area contributed by atoms with Crippen molar-refractivity contribution in [3.8, 4) is 22.4 Å². The van der Waals surface area contributed by atoms with E-state index in [0.29, 0.717) is 16.8 Å². The Morgan fingerprint density at radius 1 is 1.03 bits per heavy atom. The number of halogens is 2. The van der Waals surface area contributed by atoms with Crippen molar-refractivity contribution in [2.45, 2.75) is 6.42 Å². The van der Waals surface area contributed by atoms with E-state index in [1.54, 1.807) is 30.6 Å². The molecule has 0 aliphatic heterocycles. The second-order valence-corrected chi connectivity index (χ2v) is 6.72. The summed E-state index contributed by atoms with van der Waals surface area (Å²) in [6, 6.07) is 17.2. The summed E-state index contributed by atoms with van der Waals surface area (Å²) in [5.41, 5.74) is 3.00. The highest BCUT2D eigenvalue weighted by atomic mass is 35.5. The average molecular weight is 408 g/mol. The van der Waals surface area contributed by atoms with E-state index in [0.717, 1.165) is 11.1 Å². The van der Waals surface area contributed by atoms with E-state index in [1.165, 1.54) is 12.1 Å². The lowest BCUT2D eigenvalue weighted by Crippen LogP contribution is -2.14. The number of hydrogen-bond donors (Lipinski definition) is 1. The van der Waals surface area contributed by atoms with Gasteiger partial charge in [0.15, 0.2) is 0 Å². The number of pyridine rings is 1. The van der Waals surface area contributed by atoms with Gasteiger partial charge in [-0.2, -0.15) is 0 Å².